The van der Waals surface area contributed by atoms with Crippen molar-refractivity contribution >= 4 is 17.0 Å². The van der Waals surface area contributed by atoms with Gasteiger partial charge in [0, 0.05) is 11.8 Å². The molecule has 1 aromatic carbocycles. The molecule has 1 heterocycles. The molecule has 6 rings (SSSR count). The number of aliphatic carboxylic acids is 1. The van der Waals surface area contributed by atoms with Gasteiger partial charge in [0.1, 0.15) is 0 Å². The van der Waals surface area contributed by atoms with Gasteiger partial charge in [-0.15, -0.1) is 0 Å². The molecule has 2 aromatic rings. The number of carbonyl (C=O) groups is 1. The van der Waals surface area contributed by atoms with E-state index in [-0.39, 0.29) is 28.1 Å². The summed E-state index contributed by atoms with van der Waals surface area (Å²) in [5, 5.41) is 9.62. The number of aromatic nitrogens is 2. The summed E-state index contributed by atoms with van der Waals surface area (Å²) in [6.07, 6.45) is 14.1. The van der Waals surface area contributed by atoms with Crippen LogP contribution in [0.3, 0.4) is 0 Å². The lowest BCUT2D eigenvalue weighted by molar-refractivity contribution is -0.147. The van der Waals surface area contributed by atoms with Crippen molar-refractivity contribution in [3.8, 4) is 0 Å². The van der Waals surface area contributed by atoms with Crippen LogP contribution >= 0.6 is 0 Å². The summed E-state index contributed by atoms with van der Waals surface area (Å²) >= 11 is 0. The molecule has 4 aliphatic carbocycles. The minimum atomic E-state index is -0.712. The fourth-order valence-electron chi connectivity index (χ4n) is 10.8. The number of nitrogens with two attached hydrogens (primary N) is 1. The first-order valence-corrected chi connectivity index (χ1v) is 16.3. The lowest BCUT2D eigenvalue weighted by Crippen LogP contribution is -2.65. The third-order valence-electron chi connectivity index (χ3n) is 13.4. The van der Waals surface area contributed by atoms with Gasteiger partial charge in [-0.3, -0.25) is 4.79 Å². The van der Waals surface area contributed by atoms with Gasteiger partial charge in [-0.25, -0.2) is 9.97 Å². The molecule has 0 aliphatic heterocycles. The summed E-state index contributed by atoms with van der Waals surface area (Å²) < 4.78 is 0. The Morgan fingerprint density at radius 1 is 1.02 bits per heavy atom. The van der Waals surface area contributed by atoms with Gasteiger partial charge < -0.3 is 10.8 Å². The van der Waals surface area contributed by atoms with Gasteiger partial charge in [-0.05, 0) is 103 Å². The Morgan fingerprint density at radius 3 is 2.40 bits per heavy atom. The molecule has 42 heavy (non-hydrogen) atoms. The van der Waals surface area contributed by atoms with Crippen LogP contribution in [0.15, 0.2) is 48.1 Å². The number of benzene rings is 1. The van der Waals surface area contributed by atoms with Gasteiger partial charge in [-0.1, -0.05) is 78.8 Å². The van der Waals surface area contributed by atoms with Crippen molar-refractivity contribution in [3.63, 3.8) is 0 Å². The molecule has 8 atom stereocenters. The quantitative estimate of drug-likeness (QED) is 0.356. The first-order valence-electron chi connectivity index (χ1n) is 16.3. The molecule has 0 spiro atoms. The van der Waals surface area contributed by atoms with Gasteiger partial charge in [0.15, 0.2) is 0 Å². The van der Waals surface area contributed by atoms with Crippen molar-refractivity contribution in [3.05, 3.63) is 59.5 Å². The molecule has 0 saturated heterocycles. The highest BCUT2D eigenvalue weighted by Crippen LogP contribution is 2.72. The van der Waals surface area contributed by atoms with E-state index in [4.69, 9.17) is 15.7 Å². The zero-order chi connectivity index (χ0) is 30.3. The summed E-state index contributed by atoms with van der Waals surface area (Å²) in [6, 6.07) is 8.29. The third kappa shape index (κ3) is 4.01. The van der Waals surface area contributed by atoms with Crippen LogP contribution in [0.5, 0.6) is 0 Å². The van der Waals surface area contributed by atoms with Gasteiger partial charge in [0.2, 0.25) is 0 Å². The topological polar surface area (TPSA) is 89.1 Å². The number of rotatable bonds is 5. The second-order valence-electron chi connectivity index (χ2n) is 15.7. The molecular weight excluding hydrogens is 518 g/mol. The maximum Gasteiger partial charge on any atom is 0.303 e. The highest BCUT2D eigenvalue weighted by molar-refractivity contribution is 5.74. The highest BCUT2D eigenvalue weighted by Gasteiger charge is 2.67. The maximum absolute atomic E-state index is 11.7. The summed E-state index contributed by atoms with van der Waals surface area (Å²) in [5.41, 5.74) is 12.4. The van der Waals surface area contributed by atoms with Crippen molar-refractivity contribution in [1.82, 2.24) is 9.97 Å². The Bertz CT molecular complexity index is 1480. The summed E-state index contributed by atoms with van der Waals surface area (Å²) in [7, 11) is 0. The van der Waals surface area contributed by atoms with Crippen LogP contribution in [0.25, 0.3) is 11.0 Å². The molecule has 0 bridgehead atoms. The van der Waals surface area contributed by atoms with Crippen LogP contribution in [0, 0.1) is 39.9 Å². The number of hydrogen-bond donors (Lipinski definition) is 2. The van der Waals surface area contributed by atoms with E-state index in [0.717, 1.165) is 55.3 Å². The molecule has 1 saturated carbocycles. The maximum atomic E-state index is 11.7. The van der Waals surface area contributed by atoms with Crippen LogP contribution in [0.2, 0.25) is 0 Å². The van der Waals surface area contributed by atoms with Gasteiger partial charge in [0.05, 0.1) is 28.0 Å². The Hall–Kier alpha value is -2.53. The SMILES string of the molecule is C[C@@H]1CC=CC(N)(C2=CCC3[C@@]4(C)Cc5nc6ccccc6nc5C(C)(C)C4CC[C@@]3(C)[C@]2(C)CCCC(=O)O)[C@H]1C. The predicted molar refractivity (Wildman–Crippen MR) is 170 cm³/mol. The van der Waals surface area contributed by atoms with Crippen molar-refractivity contribution in [1.29, 1.82) is 0 Å². The average molecular weight is 570 g/mol. The molecule has 3 N–H and O–H groups in total. The van der Waals surface area contributed by atoms with Crippen molar-refractivity contribution in [2.45, 2.75) is 111 Å². The zero-order valence-electron chi connectivity index (χ0n) is 26.8. The molecule has 1 fully saturated rings. The molecule has 226 valence electrons. The van der Waals surface area contributed by atoms with E-state index in [9.17, 15) is 9.90 Å². The number of fused-ring (bicyclic) bond motifs is 5. The van der Waals surface area contributed by atoms with Gasteiger partial charge in [0.25, 0.3) is 0 Å². The van der Waals surface area contributed by atoms with Crippen LogP contribution in [0.4, 0.5) is 0 Å². The molecule has 4 aliphatic rings. The average Bonchev–Trinajstić information content (AvgIpc) is 2.91. The molecular formula is C37H51N3O2. The Balaban J connectivity index is 1.49. The molecule has 5 nitrogen and oxygen atoms in total. The standard InChI is InChI=1S/C37H51N3O2/c1-23-12-10-20-37(38,24(23)2)30-17-16-29-34(5)22-27-32(40-26-14-9-8-13-25(26)39-27)33(3,4)28(34)18-21-36(29,7)35(30,6)19-11-15-31(41)42/h8-10,13-14,17,20,23-24,28-29H,11-12,15-16,18-19,21-22,38H2,1-7H3,(H,41,42)/t23-,24+,28?,29?,34+,35-,36-,37?/m1/s1. The normalized spacial score (nSPS) is 40.5. The summed E-state index contributed by atoms with van der Waals surface area (Å²) in [5.74, 6) is 1.04. The van der Waals surface area contributed by atoms with Crippen LogP contribution < -0.4 is 5.73 Å². The Morgan fingerprint density at radius 2 is 1.71 bits per heavy atom. The number of nitrogens with zero attached hydrogens (tertiary/aromatic N) is 2. The van der Waals surface area contributed by atoms with Crippen molar-refractivity contribution < 1.29 is 9.90 Å². The number of carboxylic acids is 1. The van der Waals surface area contributed by atoms with Crippen LogP contribution in [-0.4, -0.2) is 26.6 Å². The predicted octanol–water partition coefficient (Wildman–Crippen LogP) is 8.02. The monoisotopic (exact) mass is 569 g/mol. The first-order chi connectivity index (χ1) is 19.7. The number of para-hydroxylation sites is 2. The number of carboxylic acid groups (broad SMARTS) is 1. The van der Waals surface area contributed by atoms with Crippen LogP contribution in [0.1, 0.15) is 105 Å². The molecule has 0 radical (unpaired) electrons. The van der Waals surface area contributed by atoms with E-state index < -0.39 is 11.5 Å². The van der Waals surface area contributed by atoms with Gasteiger partial charge >= 0.3 is 5.97 Å². The van der Waals surface area contributed by atoms with E-state index >= 15 is 0 Å². The number of hydrogen-bond acceptors (Lipinski definition) is 4. The molecule has 3 unspecified atom stereocenters. The zero-order valence-corrected chi connectivity index (χ0v) is 26.8. The lowest BCUT2D eigenvalue weighted by atomic mass is 9.35. The second kappa shape index (κ2) is 9.74. The van der Waals surface area contributed by atoms with Gasteiger partial charge in [-0.2, -0.15) is 0 Å². The third-order valence-corrected chi connectivity index (χ3v) is 13.4. The van der Waals surface area contributed by atoms with Crippen molar-refractivity contribution in [2.24, 2.45) is 45.7 Å². The largest absolute Gasteiger partial charge is 0.481 e. The fourth-order valence-corrected chi connectivity index (χ4v) is 10.8. The van der Waals surface area contributed by atoms with E-state index in [1.165, 1.54) is 11.3 Å². The first kappa shape index (κ1) is 29.5. The second-order valence-corrected chi connectivity index (χ2v) is 15.7. The smallest absolute Gasteiger partial charge is 0.303 e. The van der Waals surface area contributed by atoms with Crippen molar-refractivity contribution in [2.75, 3.05) is 0 Å². The minimum Gasteiger partial charge on any atom is -0.481 e. The van der Waals surface area contributed by atoms with E-state index in [0.29, 0.717) is 30.1 Å². The van der Waals surface area contributed by atoms with E-state index in [1.54, 1.807) is 0 Å². The molecule has 5 heteroatoms. The highest BCUT2D eigenvalue weighted by atomic mass is 16.4. The Kier molecular flexibility index (Phi) is 6.85. The van der Waals surface area contributed by atoms with Crippen LogP contribution in [-0.2, 0) is 16.6 Å². The fraction of sp³-hybridized carbons (Fsp3) is 0.649. The minimum absolute atomic E-state index is 0.0146. The number of allylic oxidation sites excluding steroid dienone is 2. The molecule has 1 aromatic heterocycles. The Labute approximate surface area is 252 Å². The van der Waals surface area contributed by atoms with E-state index in [1.807, 2.05) is 0 Å². The van der Waals surface area contributed by atoms with E-state index in [2.05, 4.69) is 91.0 Å². The molecule has 0 amide bonds. The summed E-state index contributed by atoms with van der Waals surface area (Å²) in [6.45, 7) is 17.0. The summed E-state index contributed by atoms with van der Waals surface area (Å²) in [4.78, 5) is 22.2. The lowest BCUT2D eigenvalue weighted by Gasteiger charge is -2.69.